The van der Waals surface area contributed by atoms with Gasteiger partial charge in [0.05, 0.1) is 0 Å². The quantitative estimate of drug-likeness (QED) is 0.929. The van der Waals surface area contributed by atoms with E-state index in [1.54, 1.807) is 12.4 Å². The lowest BCUT2D eigenvalue weighted by atomic mass is 9.84. The Kier molecular flexibility index (Phi) is 5.15. The molecule has 5 heteroatoms. The first-order valence-corrected chi connectivity index (χ1v) is 7.68. The van der Waals surface area contributed by atoms with E-state index in [4.69, 9.17) is 4.74 Å². The first-order valence-electron chi connectivity index (χ1n) is 7.68. The van der Waals surface area contributed by atoms with Gasteiger partial charge in [0.1, 0.15) is 11.4 Å². The maximum absolute atomic E-state index is 11.7. The van der Waals surface area contributed by atoms with Gasteiger partial charge in [-0.2, -0.15) is 0 Å². The van der Waals surface area contributed by atoms with Crippen LogP contribution in [0.3, 0.4) is 0 Å². The van der Waals surface area contributed by atoms with E-state index in [0.29, 0.717) is 5.92 Å². The normalized spacial score (nSPS) is 22.6. The van der Waals surface area contributed by atoms with Crippen molar-refractivity contribution in [3.8, 4) is 0 Å². The molecule has 21 heavy (non-hydrogen) atoms. The molecule has 0 radical (unpaired) electrons. The Hall–Kier alpha value is -1.65. The Labute approximate surface area is 126 Å². The van der Waals surface area contributed by atoms with Gasteiger partial charge in [0.25, 0.3) is 0 Å². The average molecular weight is 291 g/mol. The van der Waals surface area contributed by atoms with Crippen LogP contribution in [-0.4, -0.2) is 27.7 Å². The van der Waals surface area contributed by atoms with Gasteiger partial charge in [-0.25, -0.2) is 14.8 Å². The zero-order chi connectivity index (χ0) is 15.3. The fourth-order valence-corrected chi connectivity index (χ4v) is 2.68. The van der Waals surface area contributed by atoms with Crippen LogP contribution < -0.4 is 5.32 Å². The molecule has 1 aromatic heterocycles. The van der Waals surface area contributed by atoms with Crippen molar-refractivity contribution in [3.63, 3.8) is 0 Å². The van der Waals surface area contributed by atoms with Gasteiger partial charge in [-0.1, -0.05) is 0 Å². The molecule has 1 aliphatic rings. The summed E-state index contributed by atoms with van der Waals surface area (Å²) < 4.78 is 5.29. The van der Waals surface area contributed by atoms with Crippen molar-refractivity contribution in [1.29, 1.82) is 0 Å². The number of alkyl carbamates (subject to hydrolysis) is 1. The number of carbonyl (C=O) groups excluding carboxylic acids is 1. The van der Waals surface area contributed by atoms with Crippen LogP contribution in [0.5, 0.6) is 0 Å². The molecule has 0 atom stereocenters. The summed E-state index contributed by atoms with van der Waals surface area (Å²) in [6, 6.07) is 2.07. The maximum atomic E-state index is 11.7. The second-order valence-electron chi connectivity index (χ2n) is 6.73. The van der Waals surface area contributed by atoms with E-state index in [2.05, 4.69) is 15.3 Å². The van der Waals surface area contributed by atoms with Gasteiger partial charge < -0.3 is 10.1 Å². The van der Waals surface area contributed by atoms with E-state index in [9.17, 15) is 4.79 Å². The minimum absolute atomic E-state index is 0.229. The number of aromatic nitrogens is 2. The largest absolute Gasteiger partial charge is 0.444 e. The average Bonchev–Trinajstić information content (AvgIpc) is 2.40. The molecule has 1 N–H and O–H groups in total. The van der Waals surface area contributed by atoms with E-state index in [1.807, 2.05) is 26.8 Å². The van der Waals surface area contributed by atoms with Crippen LogP contribution >= 0.6 is 0 Å². The molecule has 0 saturated heterocycles. The summed E-state index contributed by atoms with van der Waals surface area (Å²) in [7, 11) is 0. The Balaban J connectivity index is 1.72. The summed E-state index contributed by atoms with van der Waals surface area (Å²) in [5, 5.41) is 2.97. The van der Waals surface area contributed by atoms with Crippen molar-refractivity contribution in [2.45, 2.75) is 64.5 Å². The van der Waals surface area contributed by atoms with Crippen LogP contribution in [0.2, 0.25) is 0 Å². The van der Waals surface area contributed by atoms with E-state index < -0.39 is 5.60 Å². The van der Waals surface area contributed by atoms with Crippen molar-refractivity contribution in [2.75, 3.05) is 0 Å². The highest BCUT2D eigenvalue weighted by molar-refractivity contribution is 5.68. The lowest BCUT2D eigenvalue weighted by Crippen LogP contribution is -2.41. The van der Waals surface area contributed by atoms with Gasteiger partial charge in [0, 0.05) is 24.9 Å². The van der Waals surface area contributed by atoms with Crippen LogP contribution in [-0.2, 0) is 11.2 Å². The van der Waals surface area contributed by atoms with Gasteiger partial charge >= 0.3 is 6.09 Å². The van der Waals surface area contributed by atoms with Crippen molar-refractivity contribution in [1.82, 2.24) is 15.3 Å². The SMILES string of the molecule is CC(C)(C)OC(=O)NC1CCC(Cc2ncccn2)CC1. The number of carbonyl (C=O) groups is 1. The Morgan fingerprint density at radius 3 is 2.43 bits per heavy atom. The first-order chi connectivity index (χ1) is 9.92. The van der Waals surface area contributed by atoms with Crippen LogP contribution in [0.4, 0.5) is 4.79 Å². The Morgan fingerprint density at radius 2 is 1.86 bits per heavy atom. The highest BCUT2D eigenvalue weighted by Crippen LogP contribution is 2.26. The van der Waals surface area contributed by atoms with Crippen molar-refractivity contribution in [3.05, 3.63) is 24.3 Å². The van der Waals surface area contributed by atoms with Crippen LogP contribution in [0.1, 0.15) is 52.3 Å². The van der Waals surface area contributed by atoms with E-state index >= 15 is 0 Å². The monoisotopic (exact) mass is 291 g/mol. The third kappa shape index (κ3) is 5.69. The topological polar surface area (TPSA) is 64.1 Å². The number of hydrogen-bond acceptors (Lipinski definition) is 4. The molecule has 2 rings (SSSR count). The van der Waals surface area contributed by atoms with Crippen molar-refractivity contribution in [2.24, 2.45) is 5.92 Å². The summed E-state index contributed by atoms with van der Waals surface area (Å²) in [6.45, 7) is 5.63. The highest BCUT2D eigenvalue weighted by Gasteiger charge is 2.25. The molecular weight excluding hydrogens is 266 g/mol. The second-order valence-corrected chi connectivity index (χ2v) is 6.73. The molecule has 0 bridgehead atoms. The number of nitrogens with one attached hydrogen (secondary N) is 1. The lowest BCUT2D eigenvalue weighted by Gasteiger charge is -2.29. The third-order valence-corrected chi connectivity index (χ3v) is 3.66. The number of hydrogen-bond donors (Lipinski definition) is 1. The van der Waals surface area contributed by atoms with E-state index in [1.165, 1.54) is 0 Å². The molecule has 5 nitrogen and oxygen atoms in total. The summed E-state index contributed by atoms with van der Waals surface area (Å²) in [6.07, 6.45) is 8.39. The minimum Gasteiger partial charge on any atom is -0.444 e. The van der Waals surface area contributed by atoms with E-state index in [0.717, 1.165) is 37.9 Å². The smallest absolute Gasteiger partial charge is 0.407 e. The van der Waals surface area contributed by atoms with Crippen LogP contribution in [0, 0.1) is 5.92 Å². The standard InChI is InChI=1S/C16H25N3O2/c1-16(2,3)21-15(20)19-13-7-5-12(6-8-13)11-14-17-9-4-10-18-14/h4,9-10,12-13H,5-8,11H2,1-3H3,(H,19,20). The number of amides is 1. The molecule has 0 spiro atoms. The van der Waals surface area contributed by atoms with Gasteiger partial charge in [0.2, 0.25) is 0 Å². The zero-order valence-corrected chi connectivity index (χ0v) is 13.1. The molecule has 0 unspecified atom stereocenters. The molecule has 116 valence electrons. The predicted octanol–water partition coefficient (Wildman–Crippen LogP) is 3.10. The molecular formula is C16H25N3O2. The fourth-order valence-electron chi connectivity index (χ4n) is 2.68. The zero-order valence-electron chi connectivity index (χ0n) is 13.1. The third-order valence-electron chi connectivity index (χ3n) is 3.66. The Morgan fingerprint density at radius 1 is 1.24 bits per heavy atom. The maximum Gasteiger partial charge on any atom is 0.407 e. The van der Waals surface area contributed by atoms with Gasteiger partial charge in [-0.3, -0.25) is 0 Å². The van der Waals surface area contributed by atoms with Gasteiger partial charge in [-0.05, 0) is 58.4 Å². The van der Waals surface area contributed by atoms with Crippen molar-refractivity contribution >= 4 is 6.09 Å². The second kappa shape index (κ2) is 6.87. The van der Waals surface area contributed by atoms with Crippen LogP contribution in [0.15, 0.2) is 18.5 Å². The summed E-state index contributed by atoms with van der Waals surface area (Å²) >= 11 is 0. The predicted molar refractivity (Wildman–Crippen MR) is 80.9 cm³/mol. The first kappa shape index (κ1) is 15.7. The minimum atomic E-state index is -0.439. The van der Waals surface area contributed by atoms with Gasteiger partial charge in [-0.15, -0.1) is 0 Å². The molecule has 1 aromatic rings. The fraction of sp³-hybridized carbons (Fsp3) is 0.688. The molecule has 0 aromatic carbocycles. The summed E-state index contributed by atoms with van der Waals surface area (Å²) in [5.41, 5.74) is -0.439. The molecule has 1 aliphatic carbocycles. The van der Waals surface area contributed by atoms with E-state index in [-0.39, 0.29) is 12.1 Å². The molecule has 1 fully saturated rings. The summed E-state index contributed by atoms with van der Waals surface area (Å²) in [4.78, 5) is 20.3. The molecule has 1 heterocycles. The Bertz CT molecular complexity index is 448. The molecule has 1 amide bonds. The lowest BCUT2D eigenvalue weighted by molar-refractivity contribution is 0.0487. The highest BCUT2D eigenvalue weighted by atomic mass is 16.6. The molecule has 1 saturated carbocycles. The number of ether oxygens (including phenoxy) is 1. The van der Waals surface area contributed by atoms with Gasteiger partial charge in [0.15, 0.2) is 0 Å². The van der Waals surface area contributed by atoms with Crippen molar-refractivity contribution < 1.29 is 9.53 Å². The van der Waals surface area contributed by atoms with Crippen LogP contribution in [0.25, 0.3) is 0 Å². The number of nitrogens with zero attached hydrogens (tertiary/aromatic N) is 2. The number of rotatable bonds is 3. The molecule has 0 aliphatic heterocycles. The summed E-state index contributed by atoms with van der Waals surface area (Å²) in [5.74, 6) is 1.53.